The minimum atomic E-state index is -1.15. The maximum absolute atomic E-state index is 11.8. The van der Waals surface area contributed by atoms with E-state index in [1.807, 2.05) is 6.07 Å². The molecule has 1 aromatic carbocycles. The quantitative estimate of drug-likeness (QED) is 0.634. The third-order valence-electron chi connectivity index (χ3n) is 5.76. The summed E-state index contributed by atoms with van der Waals surface area (Å²) in [6, 6.07) is 3.97. The Morgan fingerprint density at radius 2 is 2.23 bits per heavy atom. The van der Waals surface area contributed by atoms with E-state index in [9.17, 15) is 9.90 Å². The van der Waals surface area contributed by atoms with Crippen LogP contribution < -0.4 is 11.1 Å². The van der Waals surface area contributed by atoms with Crippen molar-refractivity contribution in [3.8, 4) is 0 Å². The molecular weight excluding hydrogens is 372 g/mol. The minimum Gasteiger partial charge on any atom is -0.480 e. The van der Waals surface area contributed by atoms with E-state index in [1.165, 1.54) is 0 Å². The van der Waals surface area contributed by atoms with Crippen LogP contribution in [-0.2, 0) is 17.8 Å². The molecule has 8 heteroatoms. The van der Waals surface area contributed by atoms with Gasteiger partial charge in [-0.15, -0.1) is 0 Å². The number of halogens is 2. The molecule has 0 spiro atoms. The highest BCUT2D eigenvalue weighted by Crippen LogP contribution is 2.32. The van der Waals surface area contributed by atoms with Gasteiger partial charge in [0, 0.05) is 48.2 Å². The Balaban J connectivity index is 1.67. The molecular formula is C18H26BCl2N3O2. The zero-order valence-corrected chi connectivity index (χ0v) is 16.6. The fourth-order valence-corrected chi connectivity index (χ4v) is 4.89. The van der Waals surface area contributed by atoms with Gasteiger partial charge in [0.1, 0.15) is 13.4 Å². The Morgan fingerprint density at radius 3 is 2.92 bits per heavy atom. The van der Waals surface area contributed by atoms with E-state index in [2.05, 4.69) is 18.1 Å². The summed E-state index contributed by atoms with van der Waals surface area (Å²) in [7, 11) is 2.12. The monoisotopic (exact) mass is 397 g/mol. The number of hydrogen-bond donors (Lipinski definition) is 3. The van der Waals surface area contributed by atoms with Crippen molar-refractivity contribution in [2.45, 2.75) is 43.7 Å². The molecule has 1 unspecified atom stereocenters. The molecule has 2 aliphatic heterocycles. The van der Waals surface area contributed by atoms with Crippen molar-refractivity contribution in [1.29, 1.82) is 0 Å². The number of carboxylic acid groups (broad SMARTS) is 1. The lowest BCUT2D eigenvalue weighted by Gasteiger charge is -2.30. The number of hydrogen-bond acceptors (Lipinski definition) is 4. The lowest BCUT2D eigenvalue weighted by atomic mass is 9.83. The van der Waals surface area contributed by atoms with Gasteiger partial charge in [-0.3, -0.25) is 9.69 Å². The Hall–Kier alpha value is -0.785. The number of nitrogens with two attached hydrogens (primary N) is 1. The van der Waals surface area contributed by atoms with Gasteiger partial charge in [0.25, 0.3) is 0 Å². The number of nitrogens with one attached hydrogen (secondary N) is 1. The third kappa shape index (κ3) is 4.05. The number of aliphatic carboxylic acids is 1. The predicted octanol–water partition coefficient (Wildman–Crippen LogP) is 1.55. The number of nitrogens with zero attached hydrogens (tertiary/aromatic N) is 1. The molecule has 26 heavy (non-hydrogen) atoms. The van der Waals surface area contributed by atoms with E-state index in [4.69, 9.17) is 28.9 Å². The summed E-state index contributed by atoms with van der Waals surface area (Å²) in [5.41, 5.74) is 7.43. The van der Waals surface area contributed by atoms with Crippen molar-refractivity contribution in [2.24, 2.45) is 11.7 Å². The number of rotatable bonds is 6. The molecule has 0 aliphatic carbocycles. The molecule has 0 aromatic heterocycles. The molecule has 1 aromatic rings. The molecule has 2 aliphatic rings. The summed E-state index contributed by atoms with van der Waals surface area (Å²) in [5, 5.41) is 14.5. The number of carbonyl (C=O) groups is 1. The fourth-order valence-electron chi connectivity index (χ4n) is 4.28. The summed E-state index contributed by atoms with van der Waals surface area (Å²) in [6.45, 7) is 2.63. The average molecular weight is 398 g/mol. The van der Waals surface area contributed by atoms with E-state index in [-0.39, 0.29) is 12.0 Å². The van der Waals surface area contributed by atoms with E-state index < -0.39 is 11.5 Å². The molecule has 2 heterocycles. The van der Waals surface area contributed by atoms with E-state index in [1.54, 1.807) is 6.07 Å². The molecule has 3 rings (SSSR count). The fraction of sp³-hybridized carbons (Fsp3) is 0.611. The van der Waals surface area contributed by atoms with Crippen LogP contribution in [-0.4, -0.2) is 55.0 Å². The highest BCUT2D eigenvalue weighted by Gasteiger charge is 2.49. The first kappa shape index (κ1) is 20.0. The molecule has 1 saturated heterocycles. The number of fused-ring (bicyclic) bond motifs is 1. The molecule has 4 N–H and O–H groups in total. The van der Waals surface area contributed by atoms with Crippen LogP contribution in [0.15, 0.2) is 12.1 Å². The highest BCUT2D eigenvalue weighted by molar-refractivity contribution is 6.35. The van der Waals surface area contributed by atoms with Crippen molar-refractivity contribution in [3.63, 3.8) is 0 Å². The summed E-state index contributed by atoms with van der Waals surface area (Å²) in [5.74, 6) is -0.890. The molecule has 142 valence electrons. The van der Waals surface area contributed by atoms with Crippen molar-refractivity contribution >= 4 is 37.0 Å². The van der Waals surface area contributed by atoms with Crippen molar-refractivity contribution < 1.29 is 9.90 Å². The van der Waals surface area contributed by atoms with Gasteiger partial charge in [-0.1, -0.05) is 35.9 Å². The summed E-state index contributed by atoms with van der Waals surface area (Å²) < 4.78 is 0. The largest absolute Gasteiger partial charge is 0.480 e. The van der Waals surface area contributed by atoms with Gasteiger partial charge in [0.2, 0.25) is 0 Å². The first-order valence-electron chi connectivity index (χ1n) is 9.28. The molecule has 5 nitrogen and oxygen atoms in total. The number of likely N-dealkylation sites (tertiary alicyclic amines) is 1. The predicted molar refractivity (Wildman–Crippen MR) is 108 cm³/mol. The van der Waals surface area contributed by atoms with Gasteiger partial charge in [0.15, 0.2) is 0 Å². The lowest BCUT2D eigenvalue weighted by molar-refractivity contribution is -0.144. The molecule has 0 saturated carbocycles. The van der Waals surface area contributed by atoms with E-state index in [0.717, 1.165) is 56.3 Å². The van der Waals surface area contributed by atoms with E-state index in [0.29, 0.717) is 16.6 Å². The van der Waals surface area contributed by atoms with Crippen LogP contribution in [0, 0.1) is 5.92 Å². The van der Waals surface area contributed by atoms with Crippen LogP contribution in [0.1, 0.15) is 24.0 Å². The normalized spacial score (nSPS) is 28.9. The van der Waals surface area contributed by atoms with Crippen LogP contribution >= 0.6 is 23.2 Å². The van der Waals surface area contributed by atoms with Gasteiger partial charge in [-0.05, 0) is 36.1 Å². The average Bonchev–Trinajstić information content (AvgIpc) is 2.90. The van der Waals surface area contributed by atoms with Gasteiger partial charge in [-0.25, -0.2) is 0 Å². The standard InChI is InChI=1S/C18H26BCl2N3O2/c19-3-1-2-12-8-24(10-18(12,22)17(25)26)9-14-6-15-11(7-23-14)4-13(20)5-16(15)21/h4-5,12,14,23H,1-3,6-10,19,22H2,(H,25,26)/t12-,14?,18-/m0/s1. The second kappa shape index (κ2) is 8.07. The highest BCUT2D eigenvalue weighted by atomic mass is 35.5. The van der Waals surface area contributed by atoms with Crippen molar-refractivity contribution in [1.82, 2.24) is 10.2 Å². The Morgan fingerprint density at radius 1 is 1.46 bits per heavy atom. The number of carboxylic acids is 1. The Kier molecular flexibility index (Phi) is 6.20. The maximum Gasteiger partial charge on any atom is 0.325 e. The summed E-state index contributed by atoms with van der Waals surface area (Å²) in [6.07, 6.45) is 3.73. The Labute approximate surface area is 165 Å². The van der Waals surface area contributed by atoms with Crippen molar-refractivity contribution in [2.75, 3.05) is 19.6 Å². The van der Waals surface area contributed by atoms with Crippen LogP contribution in [0.5, 0.6) is 0 Å². The second-order valence-corrected chi connectivity index (χ2v) is 8.53. The summed E-state index contributed by atoms with van der Waals surface area (Å²) >= 11 is 12.5. The molecule has 0 radical (unpaired) electrons. The summed E-state index contributed by atoms with van der Waals surface area (Å²) in [4.78, 5) is 14.0. The smallest absolute Gasteiger partial charge is 0.325 e. The topological polar surface area (TPSA) is 78.6 Å². The van der Waals surface area contributed by atoms with Gasteiger partial charge >= 0.3 is 5.97 Å². The van der Waals surface area contributed by atoms with Crippen LogP contribution in [0.3, 0.4) is 0 Å². The Bertz CT molecular complexity index is 691. The first-order valence-corrected chi connectivity index (χ1v) is 10.0. The van der Waals surface area contributed by atoms with Crippen molar-refractivity contribution in [3.05, 3.63) is 33.3 Å². The molecule has 0 amide bonds. The molecule has 1 fully saturated rings. The third-order valence-corrected chi connectivity index (χ3v) is 6.32. The van der Waals surface area contributed by atoms with Crippen LogP contribution in [0.25, 0.3) is 0 Å². The maximum atomic E-state index is 11.8. The zero-order chi connectivity index (χ0) is 18.9. The molecule has 0 bridgehead atoms. The lowest BCUT2D eigenvalue weighted by Crippen LogP contribution is -2.55. The SMILES string of the molecule is BCCC[C@H]1CN(CC2Cc3c(Cl)cc(Cl)cc3CN2)C[C@@]1(N)C(=O)O. The number of benzene rings is 1. The minimum absolute atomic E-state index is 0.00165. The first-order chi connectivity index (χ1) is 12.3. The van der Waals surface area contributed by atoms with Gasteiger partial charge < -0.3 is 16.2 Å². The van der Waals surface area contributed by atoms with E-state index >= 15 is 0 Å². The van der Waals surface area contributed by atoms with Crippen LogP contribution in [0.2, 0.25) is 16.4 Å². The van der Waals surface area contributed by atoms with Gasteiger partial charge in [0.05, 0.1) is 0 Å². The van der Waals surface area contributed by atoms with Gasteiger partial charge in [-0.2, -0.15) is 0 Å². The zero-order valence-electron chi connectivity index (χ0n) is 15.1. The molecule has 3 atom stereocenters. The second-order valence-electron chi connectivity index (χ2n) is 7.69. The van der Waals surface area contributed by atoms with Crippen LogP contribution in [0.4, 0.5) is 0 Å².